The summed E-state index contributed by atoms with van der Waals surface area (Å²) in [5, 5.41) is 0. The van der Waals surface area contributed by atoms with E-state index in [2.05, 4.69) is 0 Å². The molecule has 2 atom stereocenters. The highest BCUT2D eigenvalue weighted by Gasteiger charge is 2.41. The van der Waals surface area contributed by atoms with Crippen molar-refractivity contribution in [1.29, 1.82) is 0 Å². The molecule has 0 aliphatic heterocycles. The third-order valence-corrected chi connectivity index (χ3v) is 5.41. The molecule has 170 valence electrons. The molecule has 3 rings (SSSR count). The van der Waals surface area contributed by atoms with Crippen LogP contribution in [-0.2, 0) is 19.1 Å². The second kappa shape index (κ2) is 10.7. The molecule has 0 radical (unpaired) electrons. The van der Waals surface area contributed by atoms with Crippen LogP contribution in [0, 0.1) is 19.8 Å². The van der Waals surface area contributed by atoms with E-state index in [1.807, 2.05) is 68.4 Å². The smallest absolute Gasteiger partial charge is 0.303 e. The van der Waals surface area contributed by atoms with Crippen molar-refractivity contribution in [2.75, 3.05) is 0 Å². The molecule has 0 saturated carbocycles. The van der Waals surface area contributed by atoms with Gasteiger partial charge in [-0.1, -0.05) is 90.0 Å². The van der Waals surface area contributed by atoms with Crippen LogP contribution in [0.5, 0.6) is 0 Å². The van der Waals surface area contributed by atoms with Gasteiger partial charge >= 0.3 is 11.9 Å². The van der Waals surface area contributed by atoms with Gasteiger partial charge in [-0.05, 0) is 25.0 Å². The van der Waals surface area contributed by atoms with E-state index in [4.69, 9.17) is 9.47 Å². The number of rotatable bonds is 8. The Labute approximate surface area is 194 Å². The minimum atomic E-state index is -0.995. The fourth-order valence-corrected chi connectivity index (χ4v) is 3.80. The lowest BCUT2D eigenvalue weighted by atomic mass is 9.81. The number of ether oxygens (including phenoxy) is 2. The molecule has 33 heavy (non-hydrogen) atoms. The molecule has 0 spiro atoms. The van der Waals surface area contributed by atoms with Gasteiger partial charge in [-0.15, -0.1) is 0 Å². The molecule has 3 aromatic rings. The van der Waals surface area contributed by atoms with Crippen LogP contribution in [-0.4, -0.2) is 17.7 Å². The first-order valence-electron chi connectivity index (χ1n) is 10.8. The molecular formula is C28H28O5. The summed E-state index contributed by atoms with van der Waals surface area (Å²) >= 11 is 0. The van der Waals surface area contributed by atoms with Crippen molar-refractivity contribution < 1.29 is 23.9 Å². The van der Waals surface area contributed by atoms with E-state index in [0.29, 0.717) is 16.7 Å². The topological polar surface area (TPSA) is 69.7 Å². The summed E-state index contributed by atoms with van der Waals surface area (Å²) in [6, 6.07) is 23.6. The van der Waals surface area contributed by atoms with Crippen LogP contribution in [0.1, 0.15) is 58.7 Å². The molecule has 0 aromatic heterocycles. The first-order chi connectivity index (χ1) is 15.8. The number of aryl methyl sites for hydroxylation is 2. The van der Waals surface area contributed by atoms with E-state index in [1.165, 1.54) is 13.8 Å². The van der Waals surface area contributed by atoms with Gasteiger partial charge < -0.3 is 9.47 Å². The van der Waals surface area contributed by atoms with Crippen molar-refractivity contribution in [3.63, 3.8) is 0 Å². The Morgan fingerprint density at radius 2 is 1.00 bits per heavy atom. The summed E-state index contributed by atoms with van der Waals surface area (Å²) in [5.41, 5.74) is 3.79. The van der Waals surface area contributed by atoms with Crippen molar-refractivity contribution in [1.82, 2.24) is 0 Å². The molecule has 5 nitrogen and oxygen atoms in total. The maximum atomic E-state index is 13.9. The Bertz CT molecular complexity index is 1040. The molecule has 0 aliphatic carbocycles. The van der Waals surface area contributed by atoms with Crippen LogP contribution in [0.4, 0.5) is 0 Å². The first-order valence-corrected chi connectivity index (χ1v) is 10.8. The number of Topliss-reactive ketones (excluding diaryl/α,β-unsaturated/α-hetero) is 1. The van der Waals surface area contributed by atoms with Gasteiger partial charge in [-0.25, -0.2) is 0 Å². The summed E-state index contributed by atoms with van der Waals surface area (Å²) in [7, 11) is 0. The lowest BCUT2D eigenvalue weighted by molar-refractivity contribution is -0.157. The van der Waals surface area contributed by atoms with E-state index in [9.17, 15) is 14.4 Å². The van der Waals surface area contributed by atoms with E-state index >= 15 is 0 Å². The predicted molar refractivity (Wildman–Crippen MR) is 126 cm³/mol. The van der Waals surface area contributed by atoms with Crippen LogP contribution >= 0.6 is 0 Å². The second-order valence-corrected chi connectivity index (χ2v) is 8.14. The summed E-state index contributed by atoms with van der Waals surface area (Å²) < 4.78 is 11.5. The molecule has 5 heteroatoms. The molecular weight excluding hydrogens is 416 g/mol. The average molecular weight is 445 g/mol. The summed E-state index contributed by atoms with van der Waals surface area (Å²) in [5.74, 6) is -2.34. The molecule has 0 bridgehead atoms. The summed E-state index contributed by atoms with van der Waals surface area (Å²) in [6.07, 6.45) is -1.91. The van der Waals surface area contributed by atoms with Crippen molar-refractivity contribution in [3.8, 4) is 0 Å². The molecule has 0 fully saturated rings. The molecule has 2 unspecified atom stereocenters. The molecule has 3 aromatic carbocycles. The molecule has 0 N–H and O–H groups in total. The number of carbonyl (C=O) groups excluding carboxylic acids is 3. The Kier molecular flexibility index (Phi) is 7.78. The largest absolute Gasteiger partial charge is 0.457 e. The minimum Gasteiger partial charge on any atom is -0.457 e. The lowest BCUT2D eigenvalue weighted by Gasteiger charge is -2.32. The number of esters is 2. The van der Waals surface area contributed by atoms with Crippen LogP contribution in [0.25, 0.3) is 0 Å². The quantitative estimate of drug-likeness (QED) is 0.329. The zero-order valence-corrected chi connectivity index (χ0v) is 19.3. The van der Waals surface area contributed by atoms with Crippen molar-refractivity contribution in [2.24, 2.45) is 5.92 Å². The lowest BCUT2D eigenvalue weighted by Crippen LogP contribution is -2.33. The van der Waals surface area contributed by atoms with E-state index in [0.717, 1.165) is 11.1 Å². The number of hydrogen-bond acceptors (Lipinski definition) is 5. The van der Waals surface area contributed by atoms with Crippen LogP contribution in [0.2, 0.25) is 0 Å². The first kappa shape index (κ1) is 23.9. The highest BCUT2D eigenvalue weighted by atomic mass is 16.6. The van der Waals surface area contributed by atoms with E-state index < -0.39 is 30.1 Å². The van der Waals surface area contributed by atoms with Gasteiger partial charge in [-0.3, -0.25) is 14.4 Å². The molecule has 0 aliphatic rings. The van der Waals surface area contributed by atoms with E-state index in [-0.39, 0.29) is 5.78 Å². The minimum absolute atomic E-state index is 0.283. The highest BCUT2D eigenvalue weighted by Crippen LogP contribution is 2.40. The molecule has 0 heterocycles. The maximum Gasteiger partial charge on any atom is 0.303 e. The van der Waals surface area contributed by atoms with Crippen molar-refractivity contribution in [3.05, 3.63) is 107 Å². The van der Waals surface area contributed by atoms with Gasteiger partial charge in [0.25, 0.3) is 0 Å². The second-order valence-electron chi connectivity index (χ2n) is 8.14. The SMILES string of the molecule is CC(=O)OC(c1ccc(C)cc1)C(C(=O)c1ccccc1)C(OC(C)=O)c1ccc(C)cc1. The maximum absolute atomic E-state index is 13.9. The molecule has 0 amide bonds. The normalized spacial score (nSPS) is 13.5. The van der Waals surface area contributed by atoms with Gasteiger partial charge in [0.15, 0.2) is 5.78 Å². The Balaban J connectivity index is 2.21. The highest BCUT2D eigenvalue weighted by molar-refractivity contribution is 5.99. The van der Waals surface area contributed by atoms with E-state index in [1.54, 1.807) is 24.3 Å². The molecule has 0 saturated heterocycles. The zero-order chi connectivity index (χ0) is 24.0. The Morgan fingerprint density at radius 3 is 1.36 bits per heavy atom. The fraction of sp³-hybridized carbons (Fsp3) is 0.250. The third-order valence-electron chi connectivity index (χ3n) is 5.41. The summed E-state index contributed by atoms with van der Waals surface area (Å²) in [6.45, 7) is 6.51. The van der Waals surface area contributed by atoms with Crippen molar-refractivity contribution >= 4 is 17.7 Å². The number of hydrogen-bond donors (Lipinski definition) is 0. The van der Waals surface area contributed by atoms with Crippen LogP contribution in [0.3, 0.4) is 0 Å². The van der Waals surface area contributed by atoms with Gasteiger partial charge in [-0.2, -0.15) is 0 Å². The van der Waals surface area contributed by atoms with Gasteiger partial charge in [0.2, 0.25) is 0 Å². The number of benzene rings is 3. The fourth-order valence-electron chi connectivity index (χ4n) is 3.80. The Hall–Kier alpha value is -3.73. The number of carbonyl (C=O) groups is 3. The summed E-state index contributed by atoms with van der Waals surface area (Å²) in [4.78, 5) is 38.2. The average Bonchev–Trinajstić information content (AvgIpc) is 2.79. The predicted octanol–water partition coefficient (Wildman–Crippen LogP) is 5.71. The third kappa shape index (κ3) is 6.16. The Morgan fingerprint density at radius 1 is 0.606 bits per heavy atom. The van der Waals surface area contributed by atoms with Gasteiger partial charge in [0.05, 0.1) is 0 Å². The van der Waals surface area contributed by atoms with Crippen LogP contribution in [0.15, 0.2) is 78.9 Å². The zero-order valence-electron chi connectivity index (χ0n) is 19.3. The van der Waals surface area contributed by atoms with Gasteiger partial charge in [0.1, 0.15) is 18.1 Å². The monoisotopic (exact) mass is 444 g/mol. The van der Waals surface area contributed by atoms with Crippen molar-refractivity contribution in [2.45, 2.75) is 39.9 Å². The van der Waals surface area contributed by atoms with Gasteiger partial charge in [0, 0.05) is 19.4 Å². The standard InChI is InChI=1S/C28H28O5/c1-18-10-14-23(15-11-18)27(32-20(3)29)25(26(31)22-8-6-5-7-9-22)28(33-21(4)30)24-16-12-19(2)13-17-24/h5-17,25,27-28H,1-4H3. The number of ketones is 1. The van der Waals surface area contributed by atoms with Crippen LogP contribution < -0.4 is 0 Å².